The van der Waals surface area contributed by atoms with E-state index in [-0.39, 0.29) is 11.8 Å². The van der Waals surface area contributed by atoms with E-state index in [1.807, 2.05) is 0 Å². The fourth-order valence-electron chi connectivity index (χ4n) is 1.26. The molecule has 1 aliphatic rings. The maximum Gasteiger partial charge on any atom is 0.414 e. The van der Waals surface area contributed by atoms with Gasteiger partial charge in [-0.25, -0.2) is 9.18 Å². The van der Waals surface area contributed by atoms with Gasteiger partial charge in [0, 0.05) is 7.05 Å². The molecule has 2 rings (SSSR count). The van der Waals surface area contributed by atoms with Gasteiger partial charge in [-0.05, 0) is 40.9 Å². The summed E-state index contributed by atoms with van der Waals surface area (Å²) in [5, 5.41) is 0. The van der Waals surface area contributed by atoms with Crippen LogP contribution in [0.1, 0.15) is 12.8 Å². The van der Waals surface area contributed by atoms with Crippen LogP contribution in [0, 0.1) is 5.82 Å². The molecule has 0 radical (unpaired) electrons. The average molecular weight is 288 g/mol. The Balaban J connectivity index is 2.15. The van der Waals surface area contributed by atoms with Crippen molar-refractivity contribution >= 4 is 27.7 Å². The molecule has 16 heavy (non-hydrogen) atoms. The Morgan fingerprint density at radius 3 is 2.88 bits per heavy atom. The smallest absolute Gasteiger partial charge is 0.414 e. The molecule has 3 nitrogen and oxygen atoms in total. The summed E-state index contributed by atoms with van der Waals surface area (Å²) in [5.41, 5.74) is 0.208. The van der Waals surface area contributed by atoms with Crippen molar-refractivity contribution in [2.45, 2.75) is 18.9 Å². The molecule has 86 valence electrons. The molecule has 0 atom stereocenters. The van der Waals surface area contributed by atoms with E-state index in [1.54, 1.807) is 12.1 Å². The van der Waals surface area contributed by atoms with E-state index in [1.165, 1.54) is 18.0 Å². The van der Waals surface area contributed by atoms with Crippen LogP contribution in [0.3, 0.4) is 0 Å². The van der Waals surface area contributed by atoms with E-state index in [4.69, 9.17) is 4.74 Å². The Morgan fingerprint density at radius 1 is 1.56 bits per heavy atom. The molecule has 1 aliphatic carbocycles. The highest BCUT2D eigenvalue weighted by molar-refractivity contribution is 9.10. The first-order chi connectivity index (χ1) is 7.59. The lowest BCUT2D eigenvalue weighted by molar-refractivity contribution is 0.148. The first-order valence-corrected chi connectivity index (χ1v) is 5.77. The third-order valence-corrected chi connectivity index (χ3v) is 2.97. The van der Waals surface area contributed by atoms with Gasteiger partial charge in [0.2, 0.25) is 0 Å². The lowest BCUT2D eigenvalue weighted by Gasteiger charge is -2.17. The fourth-order valence-corrected chi connectivity index (χ4v) is 1.61. The first-order valence-electron chi connectivity index (χ1n) is 4.98. The van der Waals surface area contributed by atoms with Crippen molar-refractivity contribution in [1.82, 2.24) is 0 Å². The molecule has 0 N–H and O–H groups in total. The van der Waals surface area contributed by atoms with Crippen molar-refractivity contribution in [3.8, 4) is 0 Å². The molecule has 5 heteroatoms. The lowest BCUT2D eigenvalue weighted by Crippen LogP contribution is -2.28. The summed E-state index contributed by atoms with van der Waals surface area (Å²) >= 11 is 3.07. The Labute approximate surface area is 101 Å². The molecule has 0 bridgehead atoms. The first kappa shape index (κ1) is 11.4. The van der Waals surface area contributed by atoms with Crippen LogP contribution in [-0.4, -0.2) is 19.2 Å². The van der Waals surface area contributed by atoms with Crippen LogP contribution in [-0.2, 0) is 4.74 Å². The molecule has 1 amide bonds. The maximum absolute atomic E-state index is 13.7. The van der Waals surface area contributed by atoms with Crippen LogP contribution in [0.15, 0.2) is 22.7 Å². The Hall–Kier alpha value is -1.10. The summed E-state index contributed by atoms with van der Waals surface area (Å²) in [6, 6.07) is 4.79. The molecule has 1 saturated carbocycles. The van der Waals surface area contributed by atoms with Crippen LogP contribution >= 0.6 is 15.9 Å². The van der Waals surface area contributed by atoms with Crippen molar-refractivity contribution in [2.24, 2.45) is 0 Å². The summed E-state index contributed by atoms with van der Waals surface area (Å²) in [6.45, 7) is 0. The van der Waals surface area contributed by atoms with Crippen LogP contribution in [0.2, 0.25) is 0 Å². The molecular formula is C11H11BrFNO2. The largest absolute Gasteiger partial charge is 0.446 e. The number of halogens is 2. The summed E-state index contributed by atoms with van der Waals surface area (Å²) in [7, 11) is 1.50. The van der Waals surface area contributed by atoms with Gasteiger partial charge in [0.05, 0.1) is 10.2 Å². The molecule has 0 heterocycles. The topological polar surface area (TPSA) is 29.5 Å². The van der Waals surface area contributed by atoms with Gasteiger partial charge < -0.3 is 4.74 Å². The monoisotopic (exact) mass is 287 g/mol. The van der Waals surface area contributed by atoms with Gasteiger partial charge in [0.1, 0.15) is 6.10 Å². The zero-order chi connectivity index (χ0) is 11.7. The summed E-state index contributed by atoms with van der Waals surface area (Å²) < 4.78 is 19.1. The molecule has 0 aromatic heterocycles. The Morgan fingerprint density at radius 2 is 2.25 bits per heavy atom. The Bertz CT molecular complexity index is 420. The van der Waals surface area contributed by atoms with Gasteiger partial charge >= 0.3 is 6.09 Å². The third-order valence-electron chi connectivity index (χ3n) is 2.36. The number of amides is 1. The van der Waals surface area contributed by atoms with Crippen molar-refractivity contribution in [1.29, 1.82) is 0 Å². The number of nitrogens with zero attached hydrogens (tertiary/aromatic N) is 1. The van der Waals surface area contributed by atoms with Crippen molar-refractivity contribution < 1.29 is 13.9 Å². The lowest BCUT2D eigenvalue weighted by atomic mass is 10.3. The predicted octanol–water partition coefficient (Wildman–Crippen LogP) is 3.32. The second kappa shape index (κ2) is 4.41. The van der Waals surface area contributed by atoms with Crippen LogP contribution in [0.5, 0.6) is 0 Å². The van der Waals surface area contributed by atoms with E-state index in [0.717, 1.165) is 12.8 Å². The zero-order valence-electron chi connectivity index (χ0n) is 8.74. The van der Waals surface area contributed by atoms with Gasteiger partial charge in [0.15, 0.2) is 5.82 Å². The predicted molar refractivity (Wildman–Crippen MR) is 62.0 cm³/mol. The minimum atomic E-state index is -0.514. The number of anilines is 1. The second-order valence-corrected chi connectivity index (χ2v) is 4.57. The minimum Gasteiger partial charge on any atom is -0.446 e. The number of carbonyl (C=O) groups is 1. The van der Waals surface area contributed by atoms with Crippen molar-refractivity contribution in [3.63, 3.8) is 0 Å². The highest BCUT2D eigenvalue weighted by atomic mass is 79.9. The van der Waals surface area contributed by atoms with Crippen molar-refractivity contribution in [2.75, 3.05) is 11.9 Å². The molecular weight excluding hydrogens is 277 g/mol. The molecule has 1 aromatic carbocycles. The molecule has 0 saturated heterocycles. The van der Waals surface area contributed by atoms with Crippen molar-refractivity contribution in [3.05, 3.63) is 28.5 Å². The van der Waals surface area contributed by atoms with E-state index < -0.39 is 11.9 Å². The normalized spacial score (nSPS) is 14.7. The van der Waals surface area contributed by atoms with E-state index >= 15 is 0 Å². The molecule has 0 spiro atoms. The molecule has 1 fully saturated rings. The van der Waals surface area contributed by atoms with Gasteiger partial charge in [-0.15, -0.1) is 0 Å². The van der Waals surface area contributed by atoms with Gasteiger partial charge in [-0.2, -0.15) is 0 Å². The van der Waals surface area contributed by atoms with E-state index in [9.17, 15) is 9.18 Å². The molecule has 1 aromatic rings. The highest BCUT2D eigenvalue weighted by Gasteiger charge is 2.28. The number of ether oxygens (including phenoxy) is 1. The van der Waals surface area contributed by atoms with Gasteiger partial charge in [0.25, 0.3) is 0 Å². The molecule has 0 aliphatic heterocycles. The third kappa shape index (κ3) is 2.35. The summed E-state index contributed by atoms with van der Waals surface area (Å²) in [6.07, 6.45) is 1.31. The quantitative estimate of drug-likeness (QED) is 0.835. The number of hydrogen-bond donors (Lipinski definition) is 0. The SMILES string of the molecule is CN(C(=O)OC1CC1)c1cccc(Br)c1F. The van der Waals surface area contributed by atoms with Crippen LogP contribution in [0.25, 0.3) is 0 Å². The Kier molecular flexibility index (Phi) is 3.14. The zero-order valence-corrected chi connectivity index (χ0v) is 10.3. The standard InChI is InChI=1S/C11H11BrFNO2/c1-14(11(15)16-7-5-6-7)9-4-2-3-8(12)10(9)13/h2-4,7H,5-6H2,1H3. The van der Waals surface area contributed by atoms with Gasteiger partial charge in [-0.3, -0.25) is 4.90 Å². The molecule has 0 unspecified atom stereocenters. The summed E-state index contributed by atoms with van der Waals surface area (Å²) in [5.74, 6) is -0.460. The number of rotatable bonds is 2. The number of carbonyl (C=O) groups excluding carboxylic acids is 1. The highest BCUT2D eigenvalue weighted by Crippen LogP contribution is 2.28. The average Bonchev–Trinajstić information content (AvgIpc) is 3.05. The van der Waals surface area contributed by atoms with Crippen LogP contribution < -0.4 is 4.90 Å². The minimum absolute atomic E-state index is 0.0187. The summed E-state index contributed by atoms with van der Waals surface area (Å²) in [4.78, 5) is 12.8. The second-order valence-electron chi connectivity index (χ2n) is 3.72. The number of benzene rings is 1. The van der Waals surface area contributed by atoms with E-state index in [0.29, 0.717) is 4.47 Å². The van der Waals surface area contributed by atoms with Gasteiger partial charge in [-0.1, -0.05) is 6.07 Å². The fraction of sp³-hybridized carbons (Fsp3) is 0.364. The van der Waals surface area contributed by atoms with E-state index in [2.05, 4.69) is 15.9 Å². The number of hydrogen-bond acceptors (Lipinski definition) is 2. The van der Waals surface area contributed by atoms with Crippen LogP contribution in [0.4, 0.5) is 14.9 Å². The maximum atomic E-state index is 13.7.